The molecule has 0 saturated carbocycles. The number of sulfonamides is 1. The maximum Gasteiger partial charge on any atom is 0.251 e. The third-order valence-corrected chi connectivity index (χ3v) is 6.16. The first-order valence-electron chi connectivity index (χ1n) is 9.19. The highest BCUT2D eigenvalue weighted by molar-refractivity contribution is 7.89. The summed E-state index contributed by atoms with van der Waals surface area (Å²) in [6.45, 7) is 1.69. The van der Waals surface area contributed by atoms with Gasteiger partial charge >= 0.3 is 0 Å². The van der Waals surface area contributed by atoms with Crippen LogP contribution in [0.3, 0.4) is 0 Å². The Morgan fingerprint density at radius 2 is 1.87 bits per heavy atom. The van der Waals surface area contributed by atoms with Gasteiger partial charge in [0.2, 0.25) is 15.9 Å². The minimum Gasteiger partial charge on any atom is -0.495 e. The number of anilines is 1. The van der Waals surface area contributed by atoms with Crippen LogP contribution in [0.2, 0.25) is 5.02 Å². The Hall–Kier alpha value is -2.66. The van der Waals surface area contributed by atoms with E-state index < -0.39 is 21.8 Å². The molecular formula is C20H24ClN3O6S. The highest BCUT2D eigenvalue weighted by Gasteiger charge is 2.21. The van der Waals surface area contributed by atoms with E-state index in [1.54, 1.807) is 25.1 Å². The second kappa shape index (κ2) is 11.1. The van der Waals surface area contributed by atoms with Crippen molar-refractivity contribution in [2.75, 3.05) is 39.2 Å². The van der Waals surface area contributed by atoms with Crippen molar-refractivity contribution in [2.24, 2.45) is 0 Å². The zero-order valence-electron chi connectivity index (χ0n) is 17.3. The molecule has 0 aliphatic carbocycles. The lowest BCUT2D eigenvalue weighted by Gasteiger charge is -2.13. The second-order valence-corrected chi connectivity index (χ2v) is 8.54. The molecule has 3 N–H and O–H groups in total. The maximum atomic E-state index is 12.5. The van der Waals surface area contributed by atoms with Crippen LogP contribution in [-0.2, 0) is 19.6 Å². The predicted octanol–water partition coefficient (Wildman–Crippen LogP) is 1.95. The molecule has 9 nitrogen and oxygen atoms in total. The number of halogens is 1. The van der Waals surface area contributed by atoms with Crippen molar-refractivity contribution in [1.29, 1.82) is 0 Å². The molecule has 0 heterocycles. The Morgan fingerprint density at radius 3 is 2.55 bits per heavy atom. The van der Waals surface area contributed by atoms with Crippen molar-refractivity contribution < 1.29 is 27.5 Å². The average Bonchev–Trinajstić information content (AvgIpc) is 2.75. The van der Waals surface area contributed by atoms with Crippen LogP contribution in [0.15, 0.2) is 41.3 Å². The molecule has 0 aromatic heterocycles. The van der Waals surface area contributed by atoms with E-state index in [0.29, 0.717) is 16.3 Å². The number of hydrogen-bond donors (Lipinski definition) is 3. The van der Waals surface area contributed by atoms with Crippen LogP contribution in [0, 0.1) is 6.92 Å². The van der Waals surface area contributed by atoms with E-state index in [0.717, 1.165) is 0 Å². The van der Waals surface area contributed by atoms with Gasteiger partial charge in [0.15, 0.2) is 0 Å². The van der Waals surface area contributed by atoms with Gasteiger partial charge in [0.05, 0.1) is 20.3 Å². The lowest BCUT2D eigenvalue weighted by Crippen LogP contribution is -2.33. The van der Waals surface area contributed by atoms with E-state index in [2.05, 4.69) is 15.4 Å². The molecule has 0 fully saturated rings. The standard InChI is InChI=1S/C20H24ClN3O6S/c1-13-15(21)5-4-6-16(13)24-19(25)12-22-20(26)14-7-8-17(30-3)18(11-14)31(27,28)23-9-10-29-2/h4-8,11,23H,9-10,12H2,1-3H3,(H,22,26)(H,24,25). The number of ether oxygens (including phenoxy) is 2. The summed E-state index contributed by atoms with van der Waals surface area (Å²) in [6.07, 6.45) is 0. The van der Waals surface area contributed by atoms with Gasteiger partial charge in [-0.25, -0.2) is 13.1 Å². The Kier molecular flexibility index (Phi) is 8.81. The topological polar surface area (TPSA) is 123 Å². The largest absolute Gasteiger partial charge is 0.495 e. The molecule has 0 radical (unpaired) electrons. The summed E-state index contributed by atoms with van der Waals surface area (Å²) in [4.78, 5) is 24.5. The lowest BCUT2D eigenvalue weighted by molar-refractivity contribution is -0.115. The molecule has 2 aromatic carbocycles. The Bertz CT molecular complexity index is 1060. The first-order chi connectivity index (χ1) is 14.7. The zero-order valence-corrected chi connectivity index (χ0v) is 18.9. The van der Waals surface area contributed by atoms with Crippen LogP contribution in [-0.4, -0.2) is 54.1 Å². The summed E-state index contributed by atoms with van der Waals surface area (Å²) in [5.74, 6) is -0.995. The van der Waals surface area contributed by atoms with Gasteiger partial charge in [0, 0.05) is 29.9 Å². The monoisotopic (exact) mass is 469 g/mol. The van der Waals surface area contributed by atoms with Gasteiger partial charge in [-0.15, -0.1) is 0 Å². The van der Waals surface area contributed by atoms with Crippen molar-refractivity contribution in [3.05, 3.63) is 52.5 Å². The van der Waals surface area contributed by atoms with Gasteiger partial charge in [-0.2, -0.15) is 0 Å². The number of nitrogens with one attached hydrogen (secondary N) is 3. The number of methoxy groups -OCH3 is 2. The summed E-state index contributed by atoms with van der Waals surface area (Å²) in [7, 11) is -1.17. The Morgan fingerprint density at radius 1 is 1.13 bits per heavy atom. The van der Waals surface area contributed by atoms with Crippen molar-refractivity contribution >= 4 is 39.1 Å². The molecule has 0 saturated heterocycles. The molecule has 0 unspecified atom stereocenters. The zero-order chi connectivity index (χ0) is 23.0. The fourth-order valence-corrected chi connectivity index (χ4v) is 3.96. The first-order valence-corrected chi connectivity index (χ1v) is 11.1. The van der Waals surface area contributed by atoms with Crippen molar-refractivity contribution in [3.8, 4) is 5.75 Å². The third-order valence-electron chi connectivity index (χ3n) is 4.26. The van der Waals surface area contributed by atoms with Crippen LogP contribution in [0.5, 0.6) is 5.75 Å². The molecule has 2 amide bonds. The third kappa shape index (κ3) is 6.66. The number of carbonyl (C=O) groups excluding carboxylic acids is 2. The number of carbonyl (C=O) groups is 2. The van der Waals surface area contributed by atoms with Crippen molar-refractivity contribution in [1.82, 2.24) is 10.0 Å². The average molecular weight is 470 g/mol. The van der Waals surface area contributed by atoms with E-state index in [1.807, 2.05) is 0 Å². The Balaban J connectivity index is 2.09. The van der Waals surface area contributed by atoms with Gasteiger partial charge in [-0.3, -0.25) is 9.59 Å². The summed E-state index contributed by atoms with van der Waals surface area (Å²) in [5.41, 5.74) is 1.29. The molecule has 11 heteroatoms. The van der Waals surface area contributed by atoms with E-state index in [4.69, 9.17) is 21.1 Å². The molecule has 0 aliphatic rings. The fraction of sp³-hybridized carbons (Fsp3) is 0.300. The van der Waals surface area contributed by atoms with Gasteiger partial charge in [0.25, 0.3) is 5.91 Å². The fourth-order valence-electron chi connectivity index (χ4n) is 2.58. The number of rotatable bonds is 10. The van der Waals surface area contributed by atoms with Gasteiger partial charge < -0.3 is 20.1 Å². The SMILES string of the molecule is COCCNS(=O)(=O)c1cc(C(=O)NCC(=O)Nc2cccc(Cl)c2C)ccc1OC. The van der Waals surface area contributed by atoms with Crippen LogP contribution in [0.25, 0.3) is 0 Å². The van der Waals surface area contributed by atoms with Crippen LogP contribution in [0.1, 0.15) is 15.9 Å². The second-order valence-electron chi connectivity index (χ2n) is 6.40. The summed E-state index contributed by atoms with van der Waals surface area (Å²) in [5, 5.41) is 5.63. The number of amides is 2. The van der Waals surface area contributed by atoms with E-state index >= 15 is 0 Å². The predicted molar refractivity (Wildman–Crippen MR) is 117 cm³/mol. The lowest BCUT2D eigenvalue weighted by atomic mass is 10.2. The van der Waals surface area contributed by atoms with E-state index in [-0.39, 0.29) is 35.9 Å². The molecule has 0 spiro atoms. The van der Waals surface area contributed by atoms with Gasteiger partial charge in [-0.05, 0) is 42.8 Å². The maximum absolute atomic E-state index is 12.5. The van der Waals surface area contributed by atoms with E-state index in [9.17, 15) is 18.0 Å². The first kappa shape index (κ1) is 24.6. The molecular weight excluding hydrogens is 446 g/mol. The number of hydrogen-bond acceptors (Lipinski definition) is 6. The summed E-state index contributed by atoms with van der Waals surface area (Å²) >= 11 is 6.03. The minimum atomic E-state index is -3.94. The molecule has 2 rings (SSSR count). The van der Waals surface area contributed by atoms with Gasteiger partial charge in [0.1, 0.15) is 10.6 Å². The Labute approximate surface area is 186 Å². The molecule has 31 heavy (non-hydrogen) atoms. The van der Waals surface area contributed by atoms with Crippen molar-refractivity contribution in [3.63, 3.8) is 0 Å². The van der Waals surface area contributed by atoms with E-state index in [1.165, 1.54) is 32.4 Å². The van der Waals surface area contributed by atoms with Crippen LogP contribution < -0.4 is 20.1 Å². The molecule has 168 valence electrons. The van der Waals surface area contributed by atoms with Gasteiger partial charge in [-0.1, -0.05) is 17.7 Å². The molecule has 0 atom stereocenters. The van der Waals surface area contributed by atoms with Crippen LogP contribution in [0.4, 0.5) is 5.69 Å². The molecule has 2 aromatic rings. The molecule has 0 bridgehead atoms. The van der Waals surface area contributed by atoms with Crippen LogP contribution >= 0.6 is 11.6 Å². The highest BCUT2D eigenvalue weighted by Crippen LogP contribution is 2.25. The van der Waals surface area contributed by atoms with Crippen molar-refractivity contribution in [2.45, 2.75) is 11.8 Å². The minimum absolute atomic E-state index is 0.0552. The summed E-state index contributed by atoms with van der Waals surface area (Å²) in [6, 6.07) is 9.05. The summed E-state index contributed by atoms with van der Waals surface area (Å²) < 4.78 is 37.4. The highest BCUT2D eigenvalue weighted by atomic mass is 35.5. The number of benzene rings is 2. The normalized spacial score (nSPS) is 11.1. The smallest absolute Gasteiger partial charge is 0.251 e. The quantitative estimate of drug-likeness (QED) is 0.457. The molecule has 0 aliphatic heterocycles.